The third kappa shape index (κ3) is 9.02. The molecule has 0 saturated carbocycles. The average molecular weight is 711 g/mol. The van der Waals surface area contributed by atoms with Crippen LogP contribution < -0.4 is 14.8 Å². The summed E-state index contributed by atoms with van der Waals surface area (Å²) in [6.07, 6.45) is 2.54. The van der Waals surface area contributed by atoms with Crippen LogP contribution in [0, 0.1) is 0 Å². The summed E-state index contributed by atoms with van der Waals surface area (Å²) in [5.74, 6) is -2.50. The van der Waals surface area contributed by atoms with Gasteiger partial charge in [-0.2, -0.15) is 21.6 Å². The molecule has 0 spiro atoms. The van der Waals surface area contributed by atoms with Gasteiger partial charge in [-0.15, -0.1) is 0 Å². The van der Waals surface area contributed by atoms with Crippen LogP contribution in [0.3, 0.4) is 0 Å². The Kier molecular flexibility index (Phi) is 11.2. The van der Waals surface area contributed by atoms with Crippen molar-refractivity contribution >= 4 is 33.9 Å². The van der Waals surface area contributed by atoms with Crippen LogP contribution in [0.2, 0.25) is 0 Å². The Morgan fingerprint density at radius 3 is 2.27 bits per heavy atom. The van der Waals surface area contributed by atoms with E-state index in [0.717, 1.165) is 59.6 Å². The predicted molar refractivity (Wildman–Crippen MR) is 171 cm³/mol. The number of rotatable bonds is 9. The molecule has 49 heavy (non-hydrogen) atoms. The molecule has 1 fully saturated rings. The molecule has 2 N–H and O–H groups in total. The number of likely N-dealkylation sites (tertiary alicyclic amines) is 1. The fourth-order valence-corrected chi connectivity index (χ4v) is 6.21. The Morgan fingerprint density at radius 2 is 1.63 bits per heavy atom. The topological polar surface area (TPSA) is 151 Å². The summed E-state index contributed by atoms with van der Waals surface area (Å²) >= 11 is 0. The SMILES string of the molecule is CC(C(=O)NC(C(=O)N1CCCC1C(=O)NC1CCCc2ccccc21)c1ccc(OS(=O)(=O)C(F)(F)F)cc1)N(C)C(=O)OC(C)(C)C. The quantitative estimate of drug-likeness (QED) is 0.285. The molecule has 4 unspecified atom stereocenters. The number of halogens is 3. The Labute approximate surface area is 283 Å². The molecule has 16 heteroatoms. The second-order valence-electron chi connectivity index (χ2n) is 13.1. The third-order valence-corrected chi connectivity index (χ3v) is 9.38. The smallest absolute Gasteiger partial charge is 0.444 e. The molecule has 268 valence electrons. The fraction of sp³-hybridized carbons (Fsp3) is 0.515. The number of aryl methyl sites for hydroxylation is 1. The Hall–Kier alpha value is -4.34. The van der Waals surface area contributed by atoms with E-state index < -0.39 is 63.0 Å². The van der Waals surface area contributed by atoms with Crippen LogP contribution in [0.25, 0.3) is 0 Å². The minimum Gasteiger partial charge on any atom is -0.444 e. The summed E-state index contributed by atoms with van der Waals surface area (Å²) < 4.78 is 71.2. The first-order valence-corrected chi connectivity index (χ1v) is 17.3. The van der Waals surface area contributed by atoms with Crippen molar-refractivity contribution in [3.05, 3.63) is 65.2 Å². The standard InChI is InChI=1S/C33H41F3N4O8S/c1-20(39(5)31(44)47-32(2,3)4)28(41)38-27(22-15-17-23(18-16-22)48-49(45,46)33(34,35)36)30(43)40-19-9-14-26(40)29(42)37-25-13-8-11-21-10-6-7-12-24(21)25/h6-7,10,12,15-18,20,25-27H,8-9,11,13-14,19H2,1-5H3,(H,37,42)(H,38,41). The van der Waals surface area contributed by atoms with Crippen molar-refractivity contribution in [2.24, 2.45) is 0 Å². The number of nitrogens with one attached hydrogen (secondary N) is 2. The van der Waals surface area contributed by atoms with Gasteiger partial charge >= 0.3 is 21.7 Å². The second kappa shape index (κ2) is 14.6. The molecule has 2 aliphatic rings. The van der Waals surface area contributed by atoms with E-state index in [1.54, 1.807) is 20.8 Å². The fourth-order valence-electron chi connectivity index (χ4n) is 5.75. The molecule has 2 aromatic carbocycles. The lowest BCUT2D eigenvalue weighted by Crippen LogP contribution is -2.53. The van der Waals surface area contributed by atoms with Crippen LogP contribution in [-0.2, 0) is 35.7 Å². The number of fused-ring (bicyclic) bond motifs is 1. The predicted octanol–water partition coefficient (Wildman–Crippen LogP) is 4.51. The van der Waals surface area contributed by atoms with Crippen LogP contribution in [-0.4, -0.2) is 78.8 Å². The van der Waals surface area contributed by atoms with Crippen molar-refractivity contribution in [3.8, 4) is 5.75 Å². The molecule has 1 aliphatic heterocycles. The highest BCUT2D eigenvalue weighted by molar-refractivity contribution is 7.88. The number of carbonyl (C=O) groups is 4. The number of hydrogen-bond donors (Lipinski definition) is 2. The minimum atomic E-state index is -5.96. The molecule has 0 bridgehead atoms. The first kappa shape index (κ1) is 37.5. The number of ether oxygens (including phenoxy) is 1. The van der Waals surface area contributed by atoms with Crippen LogP contribution in [0.5, 0.6) is 5.75 Å². The molecule has 0 aromatic heterocycles. The number of hydrogen-bond acceptors (Lipinski definition) is 8. The van der Waals surface area contributed by atoms with Crippen LogP contribution >= 0.6 is 0 Å². The summed E-state index contributed by atoms with van der Waals surface area (Å²) in [6.45, 7) is 6.56. The average Bonchev–Trinajstić information content (AvgIpc) is 3.52. The highest BCUT2D eigenvalue weighted by atomic mass is 32.2. The van der Waals surface area contributed by atoms with Gasteiger partial charge in [-0.3, -0.25) is 19.3 Å². The van der Waals surface area contributed by atoms with E-state index in [4.69, 9.17) is 4.74 Å². The number of likely N-dealkylation sites (N-methyl/N-ethyl adjacent to an activating group) is 1. The van der Waals surface area contributed by atoms with Gasteiger partial charge < -0.3 is 24.5 Å². The molecular weight excluding hydrogens is 669 g/mol. The van der Waals surface area contributed by atoms with Crippen molar-refractivity contribution in [1.29, 1.82) is 0 Å². The molecule has 4 amide bonds. The normalized spacial score (nSPS) is 19.2. The molecule has 1 heterocycles. The van der Waals surface area contributed by atoms with E-state index in [1.165, 1.54) is 18.9 Å². The monoisotopic (exact) mass is 710 g/mol. The van der Waals surface area contributed by atoms with Crippen LogP contribution in [0.4, 0.5) is 18.0 Å². The van der Waals surface area contributed by atoms with Gasteiger partial charge in [-0.1, -0.05) is 36.4 Å². The van der Waals surface area contributed by atoms with E-state index in [2.05, 4.69) is 14.8 Å². The van der Waals surface area contributed by atoms with Gasteiger partial charge in [-0.05, 0) is 88.6 Å². The molecule has 4 atom stereocenters. The van der Waals surface area contributed by atoms with Crippen molar-refractivity contribution in [2.75, 3.05) is 13.6 Å². The molecular formula is C33H41F3N4O8S. The van der Waals surface area contributed by atoms with Crippen molar-refractivity contribution in [1.82, 2.24) is 20.4 Å². The summed E-state index contributed by atoms with van der Waals surface area (Å²) in [6, 6.07) is 8.19. The lowest BCUT2D eigenvalue weighted by molar-refractivity contribution is -0.142. The van der Waals surface area contributed by atoms with E-state index in [-0.39, 0.29) is 24.1 Å². The Morgan fingerprint density at radius 1 is 0.980 bits per heavy atom. The van der Waals surface area contributed by atoms with Gasteiger partial charge in [0.2, 0.25) is 17.7 Å². The Balaban J connectivity index is 1.59. The molecule has 0 radical (unpaired) electrons. The minimum absolute atomic E-state index is 0.0643. The lowest BCUT2D eigenvalue weighted by atomic mass is 9.87. The van der Waals surface area contributed by atoms with Crippen LogP contribution in [0.15, 0.2) is 48.5 Å². The highest BCUT2D eigenvalue weighted by Crippen LogP contribution is 2.32. The van der Waals surface area contributed by atoms with Crippen molar-refractivity contribution in [3.63, 3.8) is 0 Å². The van der Waals surface area contributed by atoms with E-state index in [0.29, 0.717) is 12.8 Å². The summed E-state index contributed by atoms with van der Waals surface area (Å²) in [5, 5.41) is 5.69. The zero-order valence-electron chi connectivity index (χ0n) is 27.9. The number of alkyl halides is 3. The number of benzene rings is 2. The van der Waals surface area contributed by atoms with Gasteiger partial charge in [-0.25, -0.2) is 4.79 Å². The van der Waals surface area contributed by atoms with Crippen molar-refractivity contribution < 1.29 is 49.7 Å². The molecule has 4 rings (SSSR count). The summed E-state index contributed by atoms with van der Waals surface area (Å²) in [5.41, 5.74) is -4.30. The molecule has 12 nitrogen and oxygen atoms in total. The molecule has 2 aromatic rings. The third-order valence-electron chi connectivity index (χ3n) is 8.40. The van der Waals surface area contributed by atoms with Gasteiger partial charge in [0.05, 0.1) is 6.04 Å². The zero-order chi connectivity index (χ0) is 36.3. The lowest BCUT2D eigenvalue weighted by Gasteiger charge is -2.33. The van der Waals surface area contributed by atoms with Gasteiger partial charge in [0.1, 0.15) is 29.5 Å². The van der Waals surface area contributed by atoms with Gasteiger partial charge in [0, 0.05) is 13.6 Å². The largest absolute Gasteiger partial charge is 0.534 e. The molecule has 1 saturated heterocycles. The van der Waals surface area contributed by atoms with E-state index in [9.17, 15) is 40.8 Å². The maximum absolute atomic E-state index is 14.2. The van der Waals surface area contributed by atoms with E-state index in [1.807, 2.05) is 24.3 Å². The first-order chi connectivity index (χ1) is 22.8. The highest BCUT2D eigenvalue weighted by Gasteiger charge is 2.48. The number of carbonyl (C=O) groups excluding carboxylic acids is 4. The van der Waals surface area contributed by atoms with Gasteiger partial charge in [0.15, 0.2) is 0 Å². The summed E-state index contributed by atoms with van der Waals surface area (Å²) in [4.78, 5) is 56.3. The number of amides is 4. The zero-order valence-corrected chi connectivity index (χ0v) is 28.7. The first-order valence-electron chi connectivity index (χ1n) is 15.8. The van der Waals surface area contributed by atoms with E-state index >= 15 is 0 Å². The van der Waals surface area contributed by atoms with Crippen molar-refractivity contribution in [2.45, 2.75) is 95.1 Å². The second-order valence-corrected chi connectivity index (χ2v) is 14.6. The van der Waals surface area contributed by atoms with Gasteiger partial charge in [0.25, 0.3) is 0 Å². The molecule has 1 aliphatic carbocycles. The maximum atomic E-state index is 14.2. The van der Waals surface area contributed by atoms with Crippen LogP contribution in [0.1, 0.15) is 82.2 Å². The maximum Gasteiger partial charge on any atom is 0.534 e. The number of nitrogens with zero attached hydrogens (tertiary/aromatic N) is 2. The Bertz CT molecular complexity index is 1660. The summed E-state index contributed by atoms with van der Waals surface area (Å²) in [7, 11) is -4.62.